The van der Waals surface area contributed by atoms with Crippen molar-refractivity contribution in [3.05, 3.63) is 58.6 Å². The first-order valence-electron chi connectivity index (χ1n) is 9.48. The Labute approximate surface area is 176 Å². The number of rotatable bonds is 8. The van der Waals surface area contributed by atoms with Gasteiger partial charge in [0.1, 0.15) is 5.75 Å². The summed E-state index contributed by atoms with van der Waals surface area (Å²) in [5.74, 6) is 0.528. The Kier molecular flexibility index (Phi) is 7.83. The number of anilines is 1. The number of carbonyl (C=O) groups is 1. The van der Waals surface area contributed by atoms with Gasteiger partial charge in [0.05, 0.1) is 0 Å². The number of hydrogen-bond donors (Lipinski definition) is 1. The molecule has 1 heterocycles. The summed E-state index contributed by atoms with van der Waals surface area (Å²) in [6.45, 7) is 5.70. The van der Waals surface area contributed by atoms with E-state index in [1.165, 1.54) is 5.69 Å². The van der Waals surface area contributed by atoms with Crippen LogP contribution in [0.15, 0.2) is 48.5 Å². The molecule has 2 aromatic rings. The van der Waals surface area contributed by atoms with Crippen molar-refractivity contribution < 1.29 is 9.53 Å². The van der Waals surface area contributed by atoms with Gasteiger partial charge in [-0.05, 0) is 61.5 Å². The molecule has 0 atom stereocenters. The minimum atomic E-state index is -0.109. The molecule has 0 bridgehead atoms. The molecular formula is C21H25Cl2N3O2. The summed E-state index contributed by atoms with van der Waals surface area (Å²) in [4.78, 5) is 16.7. The monoisotopic (exact) mass is 421 g/mol. The normalized spacial score (nSPS) is 14.7. The topological polar surface area (TPSA) is 44.8 Å². The van der Waals surface area contributed by atoms with Crippen LogP contribution in [-0.4, -0.2) is 56.7 Å². The molecule has 5 nitrogen and oxygen atoms in total. The summed E-state index contributed by atoms with van der Waals surface area (Å²) in [5.41, 5.74) is 1.22. The van der Waals surface area contributed by atoms with Crippen molar-refractivity contribution in [3.63, 3.8) is 0 Å². The number of amides is 1. The third-order valence-corrected chi connectivity index (χ3v) is 5.22. The zero-order chi connectivity index (χ0) is 19.8. The van der Waals surface area contributed by atoms with E-state index in [0.29, 0.717) is 17.3 Å². The van der Waals surface area contributed by atoms with Crippen LogP contribution in [0, 0.1) is 0 Å². The van der Waals surface area contributed by atoms with E-state index in [0.717, 1.165) is 44.2 Å². The number of ether oxygens (including phenoxy) is 1. The van der Waals surface area contributed by atoms with Gasteiger partial charge in [-0.1, -0.05) is 23.2 Å². The van der Waals surface area contributed by atoms with Crippen molar-refractivity contribution in [2.45, 2.75) is 6.42 Å². The molecule has 0 spiro atoms. The number of halogens is 2. The van der Waals surface area contributed by atoms with Crippen LogP contribution in [0.3, 0.4) is 0 Å². The molecule has 1 aliphatic heterocycles. The van der Waals surface area contributed by atoms with Gasteiger partial charge in [-0.2, -0.15) is 0 Å². The molecule has 1 aliphatic rings. The number of carbonyl (C=O) groups excluding carboxylic acids is 1. The van der Waals surface area contributed by atoms with Gasteiger partial charge in [0, 0.05) is 48.5 Å². The highest BCUT2D eigenvalue weighted by Gasteiger charge is 2.16. The summed E-state index contributed by atoms with van der Waals surface area (Å²) >= 11 is 11.8. The SMILES string of the molecule is O=C(COc1ccc(Cl)cc1)NCCCN1CCN(c2ccc(Cl)cc2)CC1. The molecule has 1 amide bonds. The molecule has 150 valence electrons. The van der Waals surface area contributed by atoms with Crippen molar-refractivity contribution in [2.75, 3.05) is 50.8 Å². The Morgan fingerprint density at radius 1 is 0.929 bits per heavy atom. The molecule has 1 saturated heterocycles. The summed E-state index contributed by atoms with van der Waals surface area (Å²) in [7, 11) is 0. The zero-order valence-corrected chi connectivity index (χ0v) is 17.3. The minimum Gasteiger partial charge on any atom is -0.484 e. The van der Waals surface area contributed by atoms with E-state index in [-0.39, 0.29) is 12.5 Å². The molecular weight excluding hydrogens is 397 g/mol. The maximum absolute atomic E-state index is 11.9. The minimum absolute atomic E-state index is 0.0153. The van der Waals surface area contributed by atoms with Crippen molar-refractivity contribution in [1.82, 2.24) is 10.2 Å². The molecule has 0 radical (unpaired) electrons. The van der Waals surface area contributed by atoms with E-state index in [9.17, 15) is 4.79 Å². The second-order valence-electron chi connectivity index (χ2n) is 6.75. The fraction of sp³-hybridized carbons (Fsp3) is 0.381. The number of nitrogens with zero attached hydrogens (tertiary/aromatic N) is 2. The van der Waals surface area contributed by atoms with Crippen LogP contribution in [0.25, 0.3) is 0 Å². The van der Waals surface area contributed by atoms with Gasteiger partial charge in [-0.3, -0.25) is 9.69 Å². The average Bonchev–Trinajstić information content (AvgIpc) is 2.72. The summed E-state index contributed by atoms with van der Waals surface area (Å²) in [6, 6.07) is 15.0. The smallest absolute Gasteiger partial charge is 0.257 e. The van der Waals surface area contributed by atoms with E-state index in [2.05, 4.69) is 27.2 Å². The van der Waals surface area contributed by atoms with Gasteiger partial charge in [0.2, 0.25) is 0 Å². The van der Waals surface area contributed by atoms with Gasteiger partial charge < -0.3 is 15.0 Å². The van der Waals surface area contributed by atoms with Crippen LogP contribution in [0.4, 0.5) is 5.69 Å². The Morgan fingerprint density at radius 2 is 1.54 bits per heavy atom. The predicted octanol–water partition coefficient (Wildman–Crippen LogP) is 3.70. The van der Waals surface area contributed by atoms with Crippen LogP contribution in [0.2, 0.25) is 10.0 Å². The van der Waals surface area contributed by atoms with Crippen LogP contribution in [0.1, 0.15) is 6.42 Å². The number of piperazine rings is 1. The molecule has 7 heteroatoms. The fourth-order valence-electron chi connectivity index (χ4n) is 3.14. The summed E-state index contributed by atoms with van der Waals surface area (Å²) in [6.07, 6.45) is 0.924. The third-order valence-electron chi connectivity index (χ3n) is 4.72. The van der Waals surface area contributed by atoms with Crippen LogP contribution < -0.4 is 15.0 Å². The lowest BCUT2D eigenvalue weighted by molar-refractivity contribution is -0.123. The molecule has 1 fully saturated rings. The standard InChI is InChI=1S/C21H25Cl2N3O2/c22-17-2-6-19(7-3-17)26-14-12-25(13-15-26)11-1-10-24-21(27)16-28-20-8-4-18(23)5-9-20/h2-9H,1,10-16H2,(H,24,27). The maximum Gasteiger partial charge on any atom is 0.257 e. The van der Waals surface area contributed by atoms with Crippen LogP contribution >= 0.6 is 23.2 Å². The molecule has 3 rings (SSSR count). The lowest BCUT2D eigenvalue weighted by Gasteiger charge is -2.36. The van der Waals surface area contributed by atoms with E-state index in [1.807, 2.05) is 12.1 Å². The largest absolute Gasteiger partial charge is 0.484 e. The highest BCUT2D eigenvalue weighted by molar-refractivity contribution is 6.30. The molecule has 2 aromatic carbocycles. The van der Waals surface area contributed by atoms with Gasteiger partial charge in [0.25, 0.3) is 5.91 Å². The fourth-order valence-corrected chi connectivity index (χ4v) is 3.39. The molecule has 0 aliphatic carbocycles. The van der Waals surface area contributed by atoms with Gasteiger partial charge >= 0.3 is 0 Å². The summed E-state index contributed by atoms with van der Waals surface area (Å²) in [5, 5.41) is 4.32. The van der Waals surface area contributed by atoms with Gasteiger partial charge in [-0.25, -0.2) is 0 Å². The van der Waals surface area contributed by atoms with Crippen molar-refractivity contribution in [3.8, 4) is 5.75 Å². The average molecular weight is 422 g/mol. The van der Waals surface area contributed by atoms with E-state index >= 15 is 0 Å². The molecule has 0 unspecified atom stereocenters. The maximum atomic E-state index is 11.9. The highest BCUT2D eigenvalue weighted by Crippen LogP contribution is 2.19. The first-order chi connectivity index (χ1) is 13.6. The van der Waals surface area contributed by atoms with Gasteiger partial charge in [-0.15, -0.1) is 0 Å². The van der Waals surface area contributed by atoms with E-state index in [4.69, 9.17) is 27.9 Å². The molecule has 0 aromatic heterocycles. The number of benzene rings is 2. The quantitative estimate of drug-likeness (QED) is 0.659. The van der Waals surface area contributed by atoms with Crippen LogP contribution in [-0.2, 0) is 4.79 Å². The summed E-state index contributed by atoms with van der Waals surface area (Å²) < 4.78 is 5.44. The highest BCUT2D eigenvalue weighted by atomic mass is 35.5. The Balaban J connectivity index is 1.27. The molecule has 0 saturated carbocycles. The zero-order valence-electron chi connectivity index (χ0n) is 15.7. The third kappa shape index (κ3) is 6.59. The Bertz CT molecular complexity index is 745. The molecule has 1 N–H and O–H groups in total. The van der Waals surface area contributed by atoms with E-state index in [1.54, 1.807) is 24.3 Å². The predicted molar refractivity (Wildman–Crippen MR) is 115 cm³/mol. The van der Waals surface area contributed by atoms with Crippen LogP contribution in [0.5, 0.6) is 5.75 Å². The lowest BCUT2D eigenvalue weighted by Crippen LogP contribution is -2.47. The second-order valence-corrected chi connectivity index (χ2v) is 7.62. The van der Waals surface area contributed by atoms with Gasteiger partial charge in [0.15, 0.2) is 6.61 Å². The molecule has 28 heavy (non-hydrogen) atoms. The van der Waals surface area contributed by atoms with Crippen molar-refractivity contribution in [1.29, 1.82) is 0 Å². The first kappa shape index (κ1) is 20.8. The first-order valence-corrected chi connectivity index (χ1v) is 10.2. The number of hydrogen-bond acceptors (Lipinski definition) is 4. The van der Waals surface area contributed by atoms with Crippen molar-refractivity contribution >= 4 is 34.8 Å². The van der Waals surface area contributed by atoms with Crippen molar-refractivity contribution in [2.24, 2.45) is 0 Å². The second kappa shape index (κ2) is 10.6. The Hall–Kier alpha value is -1.95. The number of nitrogens with one attached hydrogen (secondary N) is 1. The van der Waals surface area contributed by atoms with E-state index < -0.39 is 0 Å². The Morgan fingerprint density at radius 3 is 2.18 bits per heavy atom. The lowest BCUT2D eigenvalue weighted by atomic mass is 10.2.